The van der Waals surface area contributed by atoms with E-state index in [9.17, 15) is 9.59 Å². The molecule has 3 rings (SSSR count). The van der Waals surface area contributed by atoms with Crippen molar-refractivity contribution in [3.63, 3.8) is 0 Å². The largest absolute Gasteiger partial charge is 0.347 e. The summed E-state index contributed by atoms with van der Waals surface area (Å²) in [6.07, 6.45) is 8.07. The highest BCUT2D eigenvalue weighted by molar-refractivity contribution is 5.92. The molecule has 3 aromatic heterocycles. The molecule has 138 valence electrons. The van der Waals surface area contributed by atoms with E-state index in [4.69, 9.17) is 0 Å². The number of nitrogens with zero attached hydrogens (tertiary/aromatic N) is 4. The fourth-order valence-corrected chi connectivity index (χ4v) is 2.24. The van der Waals surface area contributed by atoms with Gasteiger partial charge in [0.15, 0.2) is 0 Å². The lowest BCUT2D eigenvalue weighted by Crippen LogP contribution is -2.23. The van der Waals surface area contributed by atoms with E-state index in [2.05, 4.69) is 25.6 Å². The molecule has 0 radical (unpaired) electrons. The average Bonchev–Trinajstić information content (AvgIpc) is 3.17. The van der Waals surface area contributed by atoms with Gasteiger partial charge >= 0.3 is 0 Å². The van der Waals surface area contributed by atoms with Crippen LogP contribution in [0.15, 0.2) is 55.4 Å². The van der Waals surface area contributed by atoms with Gasteiger partial charge in [0.1, 0.15) is 17.8 Å². The van der Waals surface area contributed by atoms with Gasteiger partial charge in [-0.15, -0.1) is 0 Å². The Morgan fingerprint density at radius 1 is 1.15 bits per heavy atom. The van der Waals surface area contributed by atoms with Crippen molar-refractivity contribution in [3.8, 4) is 5.82 Å². The number of aromatic nitrogens is 4. The summed E-state index contributed by atoms with van der Waals surface area (Å²) in [6, 6.07) is 7.20. The topological polar surface area (TPSA) is 102 Å². The van der Waals surface area contributed by atoms with E-state index in [0.717, 1.165) is 5.56 Å². The van der Waals surface area contributed by atoms with Crippen LogP contribution < -0.4 is 10.6 Å². The third kappa shape index (κ3) is 4.75. The lowest BCUT2D eigenvalue weighted by atomic mass is 10.2. The number of anilines is 1. The molecule has 2 N–H and O–H groups in total. The Kier molecular flexibility index (Phi) is 5.55. The minimum absolute atomic E-state index is 0.0697. The minimum atomic E-state index is -0.279. The quantitative estimate of drug-likeness (QED) is 0.698. The number of carbonyl (C=O) groups excluding carboxylic acids is 2. The highest BCUT2D eigenvalue weighted by Gasteiger charge is 2.11. The van der Waals surface area contributed by atoms with Crippen LogP contribution in [0.25, 0.3) is 5.82 Å². The normalized spacial score (nSPS) is 10.6. The van der Waals surface area contributed by atoms with Crippen LogP contribution in [0.3, 0.4) is 0 Å². The van der Waals surface area contributed by atoms with Gasteiger partial charge in [0, 0.05) is 31.1 Å². The summed E-state index contributed by atoms with van der Waals surface area (Å²) in [5.41, 5.74) is 1.82. The standard InChI is InChI=1S/C19H20N6O2/c1-13(2)18(26)24-15-5-6-17(21-10-15)25-11-16(23-12-25)19(27)22-9-14-4-3-7-20-8-14/h3-8,10-13H,9H2,1-2H3,(H,22,27)(H,24,26). The maximum Gasteiger partial charge on any atom is 0.271 e. The molecule has 0 saturated carbocycles. The maximum absolute atomic E-state index is 12.2. The second kappa shape index (κ2) is 8.22. The molecule has 0 spiro atoms. The van der Waals surface area contributed by atoms with E-state index in [0.29, 0.717) is 18.1 Å². The first-order chi connectivity index (χ1) is 13.0. The molecule has 3 aromatic rings. The number of carbonyl (C=O) groups is 2. The molecule has 0 atom stereocenters. The van der Waals surface area contributed by atoms with Crippen molar-refractivity contribution in [2.24, 2.45) is 5.92 Å². The smallest absolute Gasteiger partial charge is 0.271 e. The molecule has 0 saturated heterocycles. The van der Waals surface area contributed by atoms with Crippen LogP contribution in [0, 0.1) is 5.92 Å². The second-order valence-electron chi connectivity index (χ2n) is 6.26. The van der Waals surface area contributed by atoms with Gasteiger partial charge < -0.3 is 10.6 Å². The van der Waals surface area contributed by atoms with Crippen molar-refractivity contribution >= 4 is 17.5 Å². The Morgan fingerprint density at radius 2 is 2.00 bits per heavy atom. The van der Waals surface area contributed by atoms with Gasteiger partial charge in [-0.1, -0.05) is 19.9 Å². The summed E-state index contributed by atoms with van der Waals surface area (Å²) in [5.74, 6) is 0.139. The molecule has 27 heavy (non-hydrogen) atoms. The Bertz CT molecular complexity index is 919. The van der Waals surface area contributed by atoms with Crippen molar-refractivity contribution in [2.45, 2.75) is 20.4 Å². The maximum atomic E-state index is 12.2. The molecular formula is C19H20N6O2. The van der Waals surface area contributed by atoms with Crippen LogP contribution in [-0.4, -0.2) is 31.3 Å². The third-order valence-corrected chi connectivity index (χ3v) is 3.80. The van der Waals surface area contributed by atoms with Gasteiger partial charge in [-0.2, -0.15) is 0 Å². The highest BCUT2D eigenvalue weighted by atomic mass is 16.2. The number of hydrogen-bond donors (Lipinski definition) is 2. The van der Waals surface area contributed by atoms with Crippen LogP contribution in [0.4, 0.5) is 5.69 Å². The molecule has 0 aliphatic heterocycles. The lowest BCUT2D eigenvalue weighted by molar-refractivity contribution is -0.118. The molecule has 3 heterocycles. The average molecular weight is 364 g/mol. The molecule has 0 aliphatic carbocycles. The van der Waals surface area contributed by atoms with E-state index in [1.54, 1.807) is 41.5 Å². The lowest BCUT2D eigenvalue weighted by Gasteiger charge is -2.08. The molecule has 2 amide bonds. The SMILES string of the molecule is CC(C)C(=O)Nc1ccc(-n2cnc(C(=O)NCc3cccnc3)c2)nc1. The van der Waals surface area contributed by atoms with Crippen LogP contribution in [-0.2, 0) is 11.3 Å². The van der Waals surface area contributed by atoms with Crippen molar-refractivity contribution in [1.82, 2.24) is 24.8 Å². The van der Waals surface area contributed by atoms with E-state index in [-0.39, 0.29) is 23.4 Å². The number of amides is 2. The number of pyridine rings is 2. The third-order valence-electron chi connectivity index (χ3n) is 3.80. The van der Waals surface area contributed by atoms with E-state index in [1.807, 2.05) is 26.0 Å². The van der Waals surface area contributed by atoms with Crippen molar-refractivity contribution in [2.75, 3.05) is 5.32 Å². The van der Waals surface area contributed by atoms with Crippen LogP contribution in [0.5, 0.6) is 0 Å². The van der Waals surface area contributed by atoms with Gasteiger partial charge in [-0.3, -0.25) is 19.1 Å². The summed E-state index contributed by atoms with van der Waals surface area (Å²) in [4.78, 5) is 36.4. The van der Waals surface area contributed by atoms with E-state index >= 15 is 0 Å². The van der Waals surface area contributed by atoms with Gasteiger partial charge in [0.25, 0.3) is 5.91 Å². The molecular weight excluding hydrogens is 344 g/mol. The summed E-state index contributed by atoms with van der Waals surface area (Å²) in [5, 5.41) is 5.58. The van der Waals surface area contributed by atoms with Gasteiger partial charge in [0.05, 0.1) is 11.9 Å². The first-order valence-electron chi connectivity index (χ1n) is 8.51. The fraction of sp³-hybridized carbons (Fsp3) is 0.211. The van der Waals surface area contributed by atoms with Gasteiger partial charge in [0.2, 0.25) is 5.91 Å². The molecule has 8 nitrogen and oxygen atoms in total. The summed E-state index contributed by atoms with van der Waals surface area (Å²) in [7, 11) is 0. The number of nitrogens with one attached hydrogen (secondary N) is 2. The van der Waals surface area contributed by atoms with Crippen LogP contribution in [0.1, 0.15) is 29.9 Å². The Hall–Kier alpha value is -3.55. The fourth-order valence-electron chi connectivity index (χ4n) is 2.24. The highest BCUT2D eigenvalue weighted by Crippen LogP contribution is 2.12. The predicted octanol–water partition coefficient (Wildman–Crippen LogP) is 2.19. The molecule has 0 bridgehead atoms. The molecule has 8 heteroatoms. The zero-order valence-electron chi connectivity index (χ0n) is 15.1. The monoisotopic (exact) mass is 364 g/mol. The van der Waals surface area contributed by atoms with Crippen molar-refractivity contribution < 1.29 is 9.59 Å². The van der Waals surface area contributed by atoms with Gasteiger partial charge in [-0.05, 0) is 23.8 Å². The molecule has 0 aromatic carbocycles. The number of hydrogen-bond acceptors (Lipinski definition) is 5. The van der Waals surface area contributed by atoms with Crippen LogP contribution in [0.2, 0.25) is 0 Å². The van der Waals surface area contributed by atoms with Gasteiger partial charge in [-0.25, -0.2) is 9.97 Å². The second-order valence-corrected chi connectivity index (χ2v) is 6.26. The first kappa shape index (κ1) is 18.2. The number of imidazole rings is 1. The first-order valence-corrected chi connectivity index (χ1v) is 8.51. The zero-order valence-corrected chi connectivity index (χ0v) is 15.1. The van der Waals surface area contributed by atoms with Crippen molar-refractivity contribution in [1.29, 1.82) is 0 Å². The number of rotatable bonds is 6. The van der Waals surface area contributed by atoms with Crippen LogP contribution >= 0.6 is 0 Å². The Labute approximate surface area is 156 Å². The van der Waals surface area contributed by atoms with Crippen molar-refractivity contribution in [3.05, 3.63) is 66.6 Å². The summed E-state index contributed by atoms with van der Waals surface area (Å²) < 4.78 is 1.65. The zero-order chi connectivity index (χ0) is 19.2. The summed E-state index contributed by atoms with van der Waals surface area (Å²) >= 11 is 0. The van der Waals surface area contributed by atoms with E-state index < -0.39 is 0 Å². The van der Waals surface area contributed by atoms with E-state index in [1.165, 1.54) is 6.33 Å². The summed E-state index contributed by atoms with van der Waals surface area (Å²) in [6.45, 7) is 4.02. The molecule has 0 fully saturated rings. The molecule has 0 aliphatic rings. The Morgan fingerprint density at radius 3 is 2.67 bits per heavy atom. The Balaban J connectivity index is 1.63. The predicted molar refractivity (Wildman–Crippen MR) is 100 cm³/mol. The molecule has 0 unspecified atom stereocenters. The minimum Gasteiger partial charge on any atom is -0.347 e.